The Kier molecular flexibility index (Phi) is 4.86. The molecule has 0 bridgehead atoms. The largest absolute Gasteiger partial charge is 0.507 e. The number of phenolic OH excluding ortho intramolecular Hbond substituents is 1. The summed E-state index contributed by atoms with van der Waals surface area (Å²) in [6, 6.07) is 15.2. The predicted molar refractivity (Wildman–Crippen MR) is 112 cm³/mol. The number of aromatic hydroxyl groups is 1. The number of nitrogens with zero attached hydrogens (tertiary/aromatic N) is 1. The number of hydrogen-bond donors (Lipinski definition) is 2. The Balaban J connectivity index is 1.58. The molecule has 0 spiro atoms. The zero-order valence-corrected chi connectivity index (χ0v) is 16.4. The summed E-state index contributed by atoms with van der Waals surface area (Å²) < 4.78 is 10.8. The molecule has 4 aromatic rings. The molecule has 0 aliphatic heterocycles. The van der Waals surface area contributed by atoms with Gasteiger partial charge in [-0.15, -0.1) is 0 Å². The molecule has 0 fully saturated rings. The molecule has 1 aromatic heterocycles. The van der Waals surface area contributed by atoms with Gasteiger partial charge in [0.15, 0.2) is 5.58 Å². The van der Waals surface area contributed by atoms with Crippen LogP contribution in [0.2, 0.25) is 5.02 Å². The average Bonchev–Trinajstić information content (AvgIpc) is 3.10. The number of aryl methyl sites for hydroxylation is 1. The van der Waals surface area contributed by atoms with Crippen LogP contribution in [0.5, 0.6) is 11.5 Å². The molecular formula is C22H17ClN2O4. The summed E-state index contributed by atoms with van der Waals surface area (Å²) in [5.41, 5.74) is 3.65. The van der Waals surface area contributed by atoms with Crippen LogP contribution in [0.25, 0.3) is 22.6 Å². The van der Waals surface area contributed by atoms with Crippen LogP contribution in [0, 0.1) is 6.92 Å². The Morgan fingerprint density at radius 1 is 1.14 bits per heavy atom. The van der Waals surface area contributed by atoms with Gasteiger partial charge in [-0.05, 0) is 55.0 Å². The number of ether oxygens (including phenoxy) is 1. The van der Waals surface area contributed by atoms with Crippen molar-refractivity contribution in [3.8, 4) is 23.0 Å². The molecule has 6 nitrogen and oxygen atoms in total. The molecule has 1 heterocycles. The number of carbonyl (C=O) groups excluding carboxylic acids is 1. The number of halogens is 1. The van der Waals surface area contributed by atoms with Crippen LogP contribution in [0.4, 0.5) is 5.69 Å². The lowest BCUT2D eigenvalue weighted by molar-refractivity contribution is 0.102. The highest BCUT2D eigenvalue weighted by Crippen LogP contribution is 2.33. The molecule has 29 heavy (non-hydrogen) atoms. The van der Waals surface area contributed by atoms with Crippen LogP contribution < -0.4 is 10.1 Å². The van der Waals surface area contributed by atoms with E-state index < -0.39 is 0 Å². The Labute approximate surface area is 171 Å². The molecule has 0 aliphatic rings. The zero-order valence-electron chi connectivity index (χ0n) is 15.7. The lowest BCUT2D eigenvalue weighted by Gasteiger charge is -2.09. The third-order valence-electron chi connectivity index (χ3n) is 4.44. The minimum Gasteiger partial charge on any atom is -0.507 e. The summed E-state index contributed by atoms with van der Waals surface area (Å²) in [5.74, 6) is 0.375. The van der Waals surface area contributed by atoms with Crippen molar-refractivity contribution in [2.24, 2.45) is 0 Å². The predicted octanol–water partition coefficient (Wildman–Crippen LogP) is 5.42. The maximum Gasteiger partial charge on any atom is 0.255 e. The van der Waals surface area contributed by atoms with Crippen LogP contribution in [-0.2, 0) is 0 Å². The minimum absolute atomic E-state index is 0.0566. The summed E-state index contributed by atoms with van der Waals surface area (Å²) >= 11 is 6.07. The van der Waals surface area contributed by atoms with E-state index in [0.717, 1.165) is 5.56 Å². The maximum atomic E-state index is 12.5. The summed E-state index contributed by atoms with van der Waals surface area (Å²) in [6.45, 7) is 1.97. The van der Waals surface area contributed by atoms with E-state index in [9.17, 15) is 9.90 Å². The Bertz CT molecular complexity index is 1230. The van der Waals surface area contributed by atoms with E-state index in [-0.39, 0.29) is 11.7 Å². The number of nitrogens with one attached hydrogen (secondary N) is 1. The van der Waals surface area contributed by atoms with E-state index in [1.807, 2.05) is 25.1 Å². The first-order valence-corrected chi connectivity index (χ1v) is 9.18. The monoisotopic (exact) mass is 408 g/mol. The lowest BCUT2D eigenvalue weighted by atomic mass is 10.1. The van der Waals surface area contributed by atoms with Crippen LogP contribution >= 0.6 is 11.6 Å². The zero-order chi connectivity index (χ0) is 20.5. The molecule has 4 rings (SSSR count). The second-order valence-electron chi connectivity index (χ2n) is 6.53. The number of amides is 1. The van der Waals surface area contributed by atoms with Crippen molar-refractivity contribution in [1.82, 2.24) is 4.98 Å². The second kappa shape index (κ2) is 7.48. The number of aromatic nitrogens is 1. The highest BCUT2D eigenvalue weighted by Gasteiger charge is 2.15. The number of rotatable bonds is 4. The van der Waals surface area contributed by atoms with Gasteiger partial charge in [0, 0.05) is 17.3 Å². The smallest absolute Gasteiger partial charge is 0.255 e. The van der Waals surface area contributed by atoms with Crippen molar-refractivity contribution in [2.45, 2.75) is 6.92 Å². The summed E-state index contributed by atoms with van der Waals surface area (Å²) in [6.07, 6.45) is 0. The first-order valence-electron chi connectivity index (χ1n) is 8.80. The van der Waals surface area contributed by atoms with Crippen molar-refractivity contribution in [3.63, 3.8) is 0 Å². The number of anilines is 1. The first kappa shape index (κ1) is 18.8. The highest BCUT2D eigenvalue weighted by molar-refractivity contribution is 6.32. The third-order valence-corrected chi connectivity index (χ3v) is 4.74. The van der Waals surface area contributed by atoms with Crippen LogP contribution in [0.3, 0.4) is 0 Å². The fourth-order valence-electron chi connectivity index (χ4n) is 2.95. The van der Waals surface area contributed by atoms with Crippen LogP contribution in [0.1, 0.15) is 15.9 Å². The van der Waals surface area contributed by atoms with Gasteiger partial charge in [0.05, 0.1) is 17.7 Å². The van der Waals surface area contributed by atoms with Crippen molar-refractivity contribution in [2.75, 3.05) is 12.4 Å². The van der Waals surface area contributed by atoms with E-state index in [1.165, 1.54) is 19.2 Å². The molecule has 0 saturated carbocycles. The lowest BCUT2D eigenvalue weighted by Crippen LogP contribution is -2.11. The normalized spacial score (nSPS) is 10.9. The molecule has 3 aromatic carbocycles. The van der Waals surface area contributed by atoms with Crippen molar-refractivity contribution >= 4 is 34.3 Å². The minimum atomic E-state index is -0.362. The molecule has 7 heteroatoms. The molecule has 0 radical (unpaired) electrons. The highest BCUT2D eigenvalue weighted by atomic mass is 35.5. The fraction of sp³-hybridized carbons (Fsp3) is 0.0909. The van der Waals surface area contributed by atoms with Crippen molar-refractivity contribution in [1.29, 1.82) is 0 Å². The van der Waals surface area contributed by atoms with E-state index in [2.05, 4.69) is 10.3 Å². The molecule has 0 aliphatic carbocycles. The SMILES string of the molecule is COc1ccc(C(=O)Nc2ccc(-c3nc4cc(C)ccc4o3)c(O)c2)cc1Cl. The quantitative estimate of drug-likeness (QED) is 0.470. The summed E-state index contributed by atoms with van der Waals surface area (Å²) in [4.78, 5) is 16.9. The van der Waals surface area contributed by atoms with E-state index >= 15 is 0 Å². The Morgan fingerprint density at radius 2 is 1.97 bits per heavy atom. The molecule has 146 valence electrons. The summed E-state index contributed by atoms with van der Waals surface area (Å²) in [7, 11) is 1.50. The fourth-order valence-corrected chi connectivity index (χ4v) is 3.21. The third kappa shape index (κ3) is 3.75. The number of hydrogen-bond acceptors (Lipinski definition) is 5. The molecule has 2 N–H and O–H groups in total. The first-order chi connectivity index (χ1) is 13.9. The summed E-state index contributed by atoms with van der Waals surface area (Å²) in [5, 5.41) is 13.5. The van der Waals surface area contributed by atoms with Crippen LogP contribution in [0.15, 0.2) is 59.0 Å². The van der Waals surface area contributed by atoms with Gasteiger partial charge in [-0.2, -0.15) is 0 Å². The number of phenols is 1. The van der Waals surface area contributed by atoms with Gasteiger partial charge in [0.25, 0.3) is 5.91 Å². The van der Waals surface area contributed by atoms with Gasteiger partial charge in [0.2, 0.25) is 5.89 Å². The van der Waals surface area contributed by atoms with Gasteiger partial charge in [-0.25, -0.2) is 4.98 Å². The van der Waals surface area contributed by atoms with Crippen LogP contribution in [-0.4, -0.2) is 23.1 Å². The Morgan fingerprint density at radius 3 is 2.69 bits per heavy atom. The van der Waals surface area contributed by atoms with Gasteiger partial charge >= 0.3 is 0 Å². The number of benzene rings is 3. The van der Waals surface area contributed by atoms with Crippen molar-refractivity contribution < 1.29 is 19.1 Å². The van der Waals surface area contributed by atoms with Gasteiger partial charge in [-0.1, -0.05) is 17.7 Å². The standard InChI is InChI=1S/C22H17ClN2O4/c1-12-3-7-20-17(9-12)25-22(29-20)15-6-5-14(11-18(15)26)24-21(27)13-4-8-19(28-2)16(23)10-13/h3-11,26H,1-2H3,(H,24,27). The van der Waals surface area contributed by atoms with Gasteiger partial charge in [-0.3, -0.25) is 4.79 Å². The number of methoxy groups -OCH3 is 1. The molecular weight excluding hydrogens is 392 g/mol. The second-order valence-corrected chi connectivity index (χ2v) is 6.93. The molecule has 0 atom stereocenters. The van der Waals surface area contributed by atoms with E-state index in [1.54, 1.807) is 24.3 Å². The van der Waals surface area contributed by atoms with Crippen molar-refractivity contribution in [3.05, 3.63) is 70.7 Å². The van der Waals surface area contributed by atoms with Gasteiger partial charge in [0.1, 0.15) is 17.0 Å². The number of carbonyl (C=O) groups is 1. The molecule has 0 saturated heterocycles. The van der Waals surface area contributed by atoms with Gasteiger partial charge < -0.3 is 19.6 Å². The van der Waals surface area contributed by atoms with E-state index in [4.69, 9.17) is 20.8 Å². The molecule has 0 unspecified atom stereocenters. The Hall–Kier alpha value is -3.51. The number of fused-ring (bicyclic) bond motifs is 1. The maximum absolute atomic E-state index is 12.5. The topological polar surface area (TPSA) is 84.6 Å². The average molecular weight is 409 g/mol. The molecule has 1 amide bonds. The van der Waals surface area contributed by atoms with E-state index in [0.29, 0.717) is 44.6 Å². The number of oxazole rings is 1.